The summed E-state index contributed by atoms with van der Waals surface area (Å²) in [5.41, 5.74) is 5.90. The molecular formula is C13H22N2O2S. The fourth-order valence-electron chi connectivity index (χ4n) is 1.73. The number of nitrogens with two attached hydrogens (primary N) is 1. The Bertz CT molecular complexity index is 341. The minimum atomic E-state index is -0.396. The van der Waals surface area contributed by atoms with Crippen molar-refractivity contribution in [2.45, 2.75) is 32.4 Å². The van der Waals surface area contributed by atoms with Crippen LogP contribution in [-0.4, -0.2) is 37.1 Å². The molecule has 0 unspecified atom stereocenters. The molecule has 0 fully saturated rings. The van der Waals surface area contributed by atoms with Gasteiger partial charge in [0.25, 0.3) is 0 Å². The molecule has 2 N–H and O–H groups in total. The maximum Gasteiger partial charge on any atom is 0.239 e. The number of nitrogens with zero attached hydrogens (tertiary/aromatic N) is 1. The Morgan fingerprint density at radius 2 is 2.39 bits per heavy atom. The van der Waals surface area contributed by atoms with Crippen LogP contribution in [0.2, 0.25) is 0 Å². The van der Waals surface area contributed by atoms with Gasteiger partial charge in [0, 0.05) is 18.5 Å². The summed E-state index contributed by atoms with van der Waals surface area (Å²) in [7, 11) is 1.64. The molecule has 0 radical (unpaired) electrons. The average Bonchev–Trinajstić information content (AvgIpc) is 2.86. The highest BCUT2D eigenvalue weighted by Crippen LogP contribution is 2.13. The summed E-state index contributed by atoms with van der Waals surface area (Å²) in [6, 6.07) is 3.63. The van der Waals surface area contributed by atoms with Gasteiger partial charge in [-0.25, -0.2) is 0 Å². The molecule has 0 aromatic carbocycles. The van der Waals surface area contributed by atoms with E-state index in [2.05, 4.69) is 0 Å². The van der Waals surface area contributed by atoms with Crippen molar-refractivity contribution in [3.05, 3.63) is 22.4 Å². The predicted molar refractivity (Wildman–Crippen MR) is 74.5 cm³/mol. The number of carbonyl (C=O) groups excluding carboxylic acids is 1. The van der Waals surface area contributed by atoms with Gasteiger partial charge in [0.05, 0.1) is 19.2 Å². The van der Waals surface area contributed by atoms with Crippen LogP contribution < -0.4 is 5.73 Å². The maximum atomic E-state index is 12.2. The number of methoxy groups -OCH3 is 1. The van der Waals surface area contributed by atoms with E-state index in [1.807, 2.05) is 24.4 Å². The smallest absolute Gasteiger partial charge is 0.239 e. The largest absolute Gasteiger partial charge is 0.383 e. The molecule has 1 aromatic heterocycles. The molecule has 0 aliphatic rings. The zero-order chi connectivity index (χ0) is 13.4. The summed E-state index contributed by atoms with van der Waals surface area (Å²) in [4.78, 5) is 15.2. The molecule has 1 rings (SSSR count). The van der Waals surface area contributed by atoms with Gasteiger partial charge in [0.1, 0.15) is 0 Å². The maximum absolute atomic E-state index is 12.2. The van der Waals surface area contributed by atoms with Crippen molar-refractivity contribution in [3.8, 4) is 0 Å². The Hall–Kier alpha value is -0.910. The molecule has 0 saturated carbocycles. The van der Waals surface area contributed by atoms with Crippen molar-refractivity contribution < 1.29 is 9.53 Å². The first-order valence-electron chi connectivity index (χ1n) is 6.24. The van der Waals surface area contributed by atoms with Crippen molar-refractivity contribution in [3.63, 3.8) is 0 Å². The summed E-state index contributed by atoms with van der Waals surface area (Å²) < 4.78 is 5.05. The Kier molecular flexibility index (Phi) is 6.93. The number of hydrogen-bond donors (Lipinski definition) is 1. The first-order valence-corrected chi connectivity index (χ1v) is 7.12. The van der Waals surface area contributed by atoms with Crippen LogP contribution in [0.3, 0.4) is 0 Å². The van der Waals surface area contributed by atoms with Gasteiger partial charge in [-0.15, -0.1) is 11.3 Å². The van der Waals surface area contributed by atoms with Crippen LogP contribution in [0.25, 0.3) is 0 Å². The molecule has 0 bridgehead atoms. The van der Waals surface area contributed by atoms with Gasteiger partial charge >= 0.3 is 0 Å². The normalized spacial score (nSPS) is 12.4. The van der Waals surface area contributed by atoms with E-state index < -0.39 is 6.04 Å². The van der Waals surface area contributed by atoms with Gasteiger partial charge in [0.2, 0.25) is 5.91 Å². The van der Waals surface area contributed by atoms with E-state index in [9.17, 15) is 4.79 Å². The average molecular weight is 270 g/mol. The Balaban J connectivity index is 2.61. The second-order valence-electron chi connectivity index (χ2n) is 4.23. The third kappa shape index (κ3) is 4.76. The fraction of sp³-hybridized carbons (Fsp3) is 0.615. The van der Waals surface area contributed by atoms with Crippen molar-refractivity contribution in [1.29, 1.82) is 0 Å². The fourth-order valence-corrected chi connectivity index (χ4v) is 2.45. The minimum absolute atomic E-state index is 0.0160. The van der Waals surface area contributed by atoms with Crippen LogP contribution >= 0.6 is 11.3 Å². The number of rotatable bonds is 8. The minimum Gasteiger partial charge on any atom is -0.383 e. The molecule has 1 atom stereocenters. The summed E-state index contributed by atoms with van der Waals surface area (Å²) in [6.07, 6.45) is 1.65. The van der Waals surface area contributed by atoms with Crippen LogP contribution in [0.15, 0.2) is 17.5 Å². The highest BCUT2D eigenvalue weighted by Gasteiger charge is 2.20. The Morgan fingerprint density at radius 1 is 1.61 bits per heavy atom. The molecule has 0 saturated heterocycles. The summed E-state index contributed by atoms with van der Waals surface area (Å²) in [5.74, 6) is 0.0160. The molecule has 1 aromatic rings. The van der Waals surface area contributed by atoms with Gasteiger partial charge in [0.15, 0.2) is 0 Å². The van der Waals surface area contributed by atoms with Crippen molar-refractivity contribution in [2.24, 2.45) is 5.73 Å². The third-order valence-electron chi connectivity index (χ3n) is 2.72. The molecule has 102 valence electrons. The second-order valence-corrected chi connectivity index (χ2v) is 5.26. The number of hydrogen-bond acceptors (Lipinski definition) is 4. The van der Waals surface area contributed by atoms with Crippen LogP contribution in [-0.2, 0) is 16.1 Å². The molecular weight excluding hydrogens is 248 g/mol. The van der Waals surface area contributed by atoms with Gasteiger partial charge in [-0.1, -0.05) is 19.4 Å². The van der Waals surface area contributed by atoms with Gasteiger partial charge in [-0.05, 0) is 17.9 Å². The Morgan fingerprint density at radius 3 is 2.94 bits per heavy atom. The number of amides is 1. The van der Waals surface area contributed by atoms with E-state index in [1.54, 1.807) is 23.3 Å². The molecule has 0 aliphatic heterocycles. The van der Waals surface area contributed by atoms with Crippen LogP contribution in [0.4, 0.5) is 0 Å². The van der Waals surface area contributed by atoms with E-state index >= 15 is 0 Å². The SMILES string of the molecule is CCC[C@@H](N)C(=O)N(CCOC)Cc1cccs1. The first kappa shape index (κ1) is 15.1. The predicted octanol–water partition coefficient (Wildman–Crippen LogP) is 1.85. The molecule has 4 nitrogen and oxygen atoms in total. The summed E-state index contributed by atoms with van der Waals surface area (Å²) >= 11 is 1.65. The monoisotopic (exact) mass is 270 g/mol. The van der Waals surface area contributed by atoms with E-state index in [1.165, 1.54) is 4.88 Å². The summed E-state index contributed by atoms with van der Waals surface area (Å²) in [6.45, 7) is 3.78. The lowest BCUT2D eigenvalue weighted by Crippen LogP contribution is -2.44. The lowest BCUT2D eigenvalue weighted by Gasteiger charge is -2.25. The number of ether oxygens (including phenoxy) is 1. The van der Waals surface area contributed by atoms with E-state index in [0.29, 0.717) is 19.7 Å². The van der Waals surface area contributed by atoms with Crippen molar-refractivity contribution >= 4 is 17.2 Å². The number of carbonyl (C=O) groups is 1. The molecule has 1 heterocycles. The zero-order valence-electron chi connectivity index (χ0n) is 11.1. The first-order chi connectivity index (χ1) is 8.69. The van der Waals surface area contributed by atoms with Crippen molar-refractivity contribution in [2.75, 3.05) is 20.3 Å². The van der Waals surface area contributed by atoms with Crippen LogP contribution in [0, 0.1) is 0 Å². The topological polar surface area (TPSA) is 55.6 Å². The number of thiophene rings is 1. The van der Waals surface area contributed by atoms with E-state index in [4.69, 9.17) is 10.5 Å². The standard InChI is InChI=1S/C13H22N2O2S/c1-3-5-12(14)13(16)15(7-8-17-2)10-11-6-4-9-18-11/h4,6,9,12H,3,5,7-8,10,14H2,1-2H3/t12-/m1/s1. The van der Waals surface area contributed by atoms with Gasteiger partial charge < -0.3 is 15.4 Å². The quantitative estimate of drug-likeness (QED) is 0.784. The summed E-state index contributed by atoms with van der Waals surface area (Å²) in [5, 5.41) is 2.01. The Labute approximate surface area is 113 Å². The zero-order valence-corrected chi connectivity index (χ0v) is 11.9. The lowest BCUT2D eigenvalue weighted by atomic mass is 10.1. The van der Waals surface area contributed by atoms with Crippen LogP contribution in [0.1, 0.15) is 24.6 Å². The van der Waals surface area contributed by atoms with Crippen molar-refractivity contribution in [1.82, 2.24) is 4.90 Å². The third-order valence-corrected chi connectivity index (χ3v) is 3.58. The van der Waals surface area contributed by atoms with Gasteiger partial charge in [-0.3, -0.25) is 4.79 Å². The van der Waals surface area contributed by atoms with E-state index in [-0.39, 0.29) is 5.91 Å². The van der Waals surface area contributed by atoms with Crippen LogP contribution in [0.5, 0.6) is 0 Å². The van der Waals surface area contributed by atoms with E-state index in [0.717, 1.165) is 12.8 Å². The van der Waals surface area contributed by atoms with Gasteiger partial charge in [-0.2, -0.15) is 0 Å². The molecule has 1 amide bonds. The second kappa shape index (κ2) is 8.24. The highest BCUT2D eigenvalue weighted by molar-refractivity contribution is 7.09. The molecule has 18 heavy (non-hydrogen) atoms. The molecule has 0 aliphatic carbocycles. The molecule has 5 heteroatoms. The highest BCUT2D eigenvalue weighted by atomic mass is 32.1. The lowest BCUT2D eigenvalue weighted by molar-refractivity contribution is -0.134. The molecule has 0 spiro atoms.